The fraction of sp³-hybridized carbons (Fsp3) is 0.500. The second-order valence-electron chi connectivity index (χ2n) is 5.36. The van der Waals surface area contributed by atoms with E-state index in [2.05, 4.69) is 5.32 Å². The smallest absolute Gasteiger partial charge is 0.321 e. The van der Waals surface area contributed by atoms with E-state index in [0.29, 0.717) is 49.2 Å². The van der Waals surface area contributed by atoms with Crippen LogP contribution in [0.25, 0.3) is 0 Å². The van der Waals surface area contributed by atoms with Crippen LogP contribution >= 0.6 is 11.6 Å². The molecule has 7 nitrogen and oxygen atoms in total. The molecule has 0 spiro atoms. The molecule has 1 saturated heterocycles. The first-order valence-electron chi connectivity index (χ1n) is 7.80. The average Bonchev–Trinajstić information content (AvgIpc) is 3.04. The molecule has 1 aliphatic rings. The zero-order chi connectivity index (χ0) is 17.5. The van der Waals surface area contributed by atoms with Crippen LogP contribution in [-0.2, 0) is 9.53 Å². The lowest BCUT2D eigenvalue weighted by Gasteiger charge is -2.19. The fourth-order valence-corrected chi connectivity index (χ4v) is 2.67. The standard InChI is InChI=1S/C16H21ClN2O5/c1-2-23-8-9-24-14-12(17)4-3-5-13(14)18-16(22)19-7-6-11(10-19)15(20)21/h3-5,11H,2,6-10H2,1H3,(H,18,22)(H,20,21). The first-order chi connectivity index (χ1) is 11.5. The van der Waals surface area contributed by atoms with Crippen molar-refractivity contribution in [1.82, 2.24) is 4.90 Å². The van der Waals surface area contributed by atoms with Crippen molar-refractivity contribution in [1.29, 1.82) is 0 Å². The molecule has 1 aliphatic heterocycles. The van der Waals surface area contributed by atoms with Gasteiger partial charge in [-0.05, 0) is 25.5 Å². The van der Waals surface area contributed by atoms with E-state index >= 15 is 0 Å². The van der Waals surface area contributed by atoms with Crippen molar-refractivity contribution in [3.05, 3.63) is 23.2 Å². The average molecular weight is 357 g/mol. The number of carbonyl (C=O) groups is 2. The first-order valence-corrected chi connectivity index (χ1v) is 8.18. The largest absolute Gasteiger partial charge is 0.487 e. The number of nitrogens with zero attached hydrogens (tertiary/aromatic N) is 1. The summed E-state index contributed by atoms with van der Waals surface area (Å²) in [5, 5.41) is 12.1. The highest BCUT2D eigenvalue weighted by Crippen LogP contribution is 2.33. The number of carboxylic acid groups (broad SMARTS) is 1. The Labute approximate surface area is 145 Å². The number of halogens is 1. The van der Waals surface area contributed by atoms with Crippen molar-refractivity contribution in [2.45, 2.75) is 13.3 Å². The van der Waals surface area contributed by atoms with Gasteiger partial charge < -0.3 is 24.8 Å². The van der Waals surface area contributed by atoms with E-state index in [9.17, 15) is 9.59 Å². The lowest BCUT2D eigenvalue weighted by Crippen LogP contribution is -2.34. The molecular weight excluding hydrogens is 336 g/mol. The summed E-state index contributed by atoms with van der Waals surface area (Å²) >= 11 is 6.14. The quantitative estimate of drug-likeness (QED) is 0.733. The molecule has 1 unspecified atom stereocenters. The number of carbonyl (C=O) groups excluding carboxylic acids is 1. The Hall–Kier alpha value is -1.99. The minimum absolute atomic E-state index is 0.197. The van der Waals surface area contributed by atoms with Gasteiger partial charge in [-0.2, -0.15) is 0 Å². The van der Waals surface area contributed by atoms with Crippen LogP contribution in [-0.4, -0.2) is 54.9 Å². The summed E-state index contributed by atoms with van der Waals surface area (Å²) in [6, 6.07) is 4.70. The van der Waals surface area contributed by atoms with Gasteiger partial charge >= 0.3 is 12.0 Å². The topological polar surface area (TPSA) is 88.1 Å². The second kappa shape index (κ2) is 8.75. The second-order valence-corrected chi connectivity index (χ2v) is 5.77. The Morgan fingerprint density at radius 1 is 1.42 bits per heavy atom. The summed E-state index contributed by atoms with van der Waals surface area (Å²) in [7, 11) is 0. The molecule has 1 fully saturated rings. The minimum atomic E-state index is -0.881. The molecular formula is C16H21ClN2O5. The molecule has 0 bridgehead atoms. The van der Waals surface area contributed by atoms with E-state index in [1.807, 2.05) is 6.92 Å². The van der Waals surface area contributed by atoms with Crippen LogP contribution in [0.1, 0.15) is 13.3 Å². The van der Waals surface area contributed by atoms with E-state index in [1.54, 1.807) is 18.2 Å². The number of amides is 2. The number of urea groups is 1. The molecule has 1 atom stereocenters. The van der Waals surface area contributed by atoms with Gasteiger partial charge in [0.15, 0.2) is 5.75 Å². The molecule has 24 heavy (non-hydrogen) atoms. The SMILES string of the molecule is CCOCCOc1c(Cl)cccc1NC(=O)N1CCC(C(=O)O)C1. The number of likely N-dealkylation sites (tertiary alicyclic amines) is 1. The van der Waals surface area contributed by atoms with Crippen LogP contribution in [0.2, 0.25) is 5.02 Å². The zero-order valence-electron chi connectivity index (χ0n) is 13.5. The molecule has 0 saturated carbocycles. The molecule has 2 amide bonds. The summed E-state index contributed by atoms with van der Waals surface area (Å²) in [4.78, 5) is 24.8. The van der Waals surface area contributed by atoms with Crippen molar-refractivity contribution >= 4 is 29.3 Å². The first kappa shape index (κ1) is 18.4. The molecule has 132 valence electrons. The zero-order valence-corrected chi connectivity index (χ0v) is 14.2. The van der Waals surface area contributed by atoms with Gasteiger partial charge in [-0.25, -0.2) is 4.79 Å². The van der Waals surface area contributed by atoms with Gasteiger partial charge in [0, 0.05) is 19.7 Å². The number of anilines is 1. The van der Waals surface area contributed by atoms with Gasteiger partial charge in [-0.1, -0.05) is 17.7 Å². The molecule has 0 aromatic heterocycles. The summed E-state index contributed by atoms with van der Waals surface area (Å²) in [6.07, 6.45) is 0.454. The van der Waals surface area contributed by atoms with Gasteiger partial charge in [0.1, 0.15) is 6.61 Å². The Balaban J connectivity index is 1.99. The van der Waals surface area contributed by atoms with Gasteiger partial charge in [-0.3, -0.25) is 4.79 Å². The highest BCUT2D eigenvalue weighted by molar-refractivity contribution is 6.32. The van der Waals surface area contributed by atoms with Crippen LogP contribution < -0.4 is 10.1 Å². The third kappa shape index (κ3) is 4.75. The Morgan fingerprint density at radius 3 is 2.88 bits per heavy atom. The summed E-state index contributed by atoms with van der Waals surface area (Å²) in [6.45, 7) is 3.82. The summed E-state index contributed by atoms with van der Waals surface area (Å²) in [5.41, 5.74) is 0.447. The molecule has 2 rings (SSSR count). The normalized spacial score (nSPS) is 16.9. The molecule has 0 radical (unpaired) electrons. The van der Waals surface area contributed by atoms with Gasteiger partial charge in [0.2, 0.25) is 0 Å². The number of hydrogen-bond acceptors (Lipinski definition) is 4. The van der Waals surface area contributed by atoms with Crippen LogP contribution in [0.5, 0.6) is 5.75 Å². The molecule has 8 heteroatoms. The van der Waals surface area contributed by atoms with E-state index in [1.165, 1.54) is 4.90 Å². The lowest BCUT2D eigenvalue weighted by atomic mass is 10.1. The van der Waals surface area contributed by atoms with Gasteiger partial charge in [0.05, 0.1) is 23.2 Å². The maximum atomic E-state index is 12.3. The number of para-hydroxylation sites is 1. The van der Waals surface area contributed by atoms with Gasteiger partial charge in [0.25, 0.3) is 0 Å². The number of ether oxygens (including phenoxy) is 2. The molecule has 0 aliphatic carbocycles. The maximum absolute atomic E-state index is 12.3. The van der Waals surface area contributed by atoms with Crippen LogP contribution in [0.3, 0.4) is 0 Å². The summed E-state index contributed by atoms with van der Waals surface area (Å²) < 4.78 is 10.8. The molecule has 1 heterocycles. The monoisotopic (exact) mass is 356 g/mol. The van der Waals surface area contributed by atoms with E-state index in [0.717, 1.165) is 0 Å². The van der Waals surface area contributed by atoms with Crippen molar-refractivity contribution in [3.63, 3.8) is 0 Å². The predicted molar refractivity (Wildman–Crippen MR) is 89.8 cm³/mol. The highest BCUT2D eigenvalue weighted by Gasteiger charge is 2.31. The third-order valence-electron chi connectivity index (χ3n) is 3.71. The fourth-order valence-electron chi connectivity index (χ4n) is 2.44. The Kier molecular flexibility index (Phi) is 6.69. The predicted octanol–water partition coefficient (Wildman–Crippen LogP) is 2.69. The number of rotatable bonds is 7. The molecule has 1 aromatic carbocycles. The Bertz CT molecular complexity index is 596. The Morgan fingerprint density at radius 2 is 2.21 bits per heavy atom. The highest BCUT2D eigenvalue weighted by atomic mass is 35.5. The number of nitrogens with one attached hydrogen (secondary N) is 1. The van der Waals surface area contributed by atoms with Crippen molar-refractivity contribution in [2.24, 2.45) is 5.92 Å². The maximum Gasteiger partial charge on any atom is 0.321 e. The minimum Gasteiger partial charge on any atom is -0.487 e. The lowest BCUT2D eigenvalue weighted by molar-refractivity contribution is -0.141. The van der Waals surface area contributed by atoms with Crippen LogP contribution in [0.4, 0.5) is 10.5 Å². The van der Waals surface area contributed by atoms with Crippen molar-refractivity contribution in [2.75, 3.05) is 38.2 Å². The van der Waals surface area contributed by atoms with Crippen molar-refractivity contribution in [3.8, 4) is 5.75 Å². The van der Waals surface area contributed by atoms with Crippen molar-refractivity contribution < 1.29 is 24.2 Å². The molecule has 2 N–H and O–H groups in total. The number of aliphatic carboxylic acids is 1. The van der Waals surface area contributed by atoms with Gasteiger partial charge in [-0.15, -0.1) is 0 Å². The molecule has 1 aromatic rings. The van der Waals surface area contributed by atoms with Crippen LogP contribution in [0, 0.1) is 5.92 Å². The van der Waals surface area contributed by atoms with E-state index in [4.69, 9.17) is 26.2 Å². The number of benzene rings is 1. The third-order valence-corrected chi connectivity index (χ3v) is 4.01. The number of carboxylic acids is 1. The summed E-state index contributed by atoms with van der Waals surface area (Å²) in [5.74, 6) is -1.02. The van der Waals surface area contributed by atoms with E-state index in [-0.39, 0.29) is 12.6 Å². The van der Waals surface area contributed by atoms with Crippen LogP contribution in [0.15, 0.2) is 18.2 Å². The number of hydrogen-bond donors (Lipinski definition) is 2. The van der Waals surface area contributed by atoms with E-state index < -0.39 is 11.9 Å².